The van der Waals surface area contributed by atoms with Crippen LogP contribution in [-0.2, 0) is 50.7 Å². The Hall–Kier alpha value is -2.60. The monoisotopic (exact) mass is 1220 g/mol. The number of phosphoric ester groups is 3. The summed E-state index contributed by atoms with van der Waals surface area (Å²) >= 11 is 0.968. The summed E-state index contributed by atoms with van der Waals surface area (Å²) in [6.45, 7) is 8.57. The van der Waals surface area contributed by atoms with Gasteiger partial charge in [-0.05, 0) is 104 Å². The SMILES string of the molecule is CC(C(=O)SCCNC(=O)CCNC(=O)[C@H](O)C(C)(C)COP(=O)(O)OP(=O)(O)OC[C@H]1O[C@@H](n2cnc3c(N)ncnc32)[C@H](O)[C@@H]1OP(=O)(O)O)C(O)CC[C@@H](C)[C@H]1CC[C@H]2[C@@H]3[C@H](O)C[C@@H]4C[C@H](O)CC[C@]4(C)[C@H]3CC(O)C12C. The summed E-state index contributed by atoms with van der Waals surface area (Å²) in [5, 5.41) is 71.6. The Morgan fingerprint density at radius 3 is 2.33 bits per heavy atom. The predicted octanol–water partition coefficient (Wildman–Crippen LogP) is 2.04. The zero-order valence-corrected chi connectivity index (χ0v) is 49.1. The summed E-state index contributed by atoms with van der Waals surface area (Å²) < 4.78 is 62.8. The summed E-state index contributed by atoms with van der Waals surface area (Å²) in [5.74, 6) is -1.01. The van der Waals surface area contributed by atoms with Crippen molar-refractivity contribution in [3.05, 3.63) is 12.7 Å². The molecule has 28 nitrogen and oxygen atoms in total. The highest BCUT2D eigenvalue weighted by Gasteiger charge is 2.66. The Morgan fingerprint density at radius 2 is 1.62 bits per heavy atom. The first-order valence-electron chi connectivity index (χ1n) is 27.0. The van der Waals surface area contributed by atoms with Crippen LogP contribution in [-0.4, -0.2) is 168 Å². The Labute approximate surface area is 467 Å². The Balaban J connectivity index is 0.780. The van der Waals surface area contributed by atoms with E-state index in [-0.39, 0.29) is 99.8 Å². The number of fused-ring (bicyclic) bond motifs is 6. The molecule has 4 aliphatic carbocycles. The molecule has 80 heavy (non-hydrogen) atoms. The van der Waals surface area contributed by atoms with Crippen LogP contribution in [0.25, 0.3) is 11.2 Å². The molecule has 3 heterocycles. The minimum absolute atomic E-state index is 0.0198. The van der Waals surface area contributed by atoms with E-state index in [1.165, 1.54) is 13.8 Å². The van der Waals surface area contributed by atoms with Gasteiger partial charge < -0.3 is 71.3 Å². The van der Waals surface area contributed by atoms with Crippen molar-refractivity contribution in [3.8, 4) is 0 Å². The quantitative estimate of drug-likeness (QED) is 0.0500. The molecule has 4 saturated carbocycles. The van der Waals surface area contributed by atoms with Crippen LogP contribution in [0.3, 0.4) is 0 Å². The van der Waals surface area contributed by atoms with E-state index in [4.69, 9.17) is 19.5 Å². The van der Waals surface area contributed by atoms with Crippen LogP contribution in [0.2, 0.25) is 0 Å². The van der Waals surface area contributed by atoms with Crippen molar-refractivity contribution in [2.45, 2.75) is 161 Å². The first-order valence-corrected chi connectivity index (χ1v) is 32.5. The minimum atomic E-state index is -5.62. The van der Waals surface area contributed by atoms with E-state index in [1.54, 1.807) is 6.92 Å². The van der Waals surface area contributed by atoms with Crippen molar-refractivity contribution in [1.29, 1.82) is 0 Å². The lowest BCUT2D eigenvalue weighted by atomic mass is 9.43. The van der Waals surface area contributed by atoms with Crippen LogP contribution in [0.1, 0.15) is 112 Å². The molecule has 0 bridgehead atoms. The third-order valence-corrected chi connectivity index (χ3v) is 22.3. The molecule has 7 rings (SSSR count). The maximum absolute atomic E-state index is 13.1. The average Bonchev–Trinajstić information content (AvgIpc) is 4.19. The number of ether oxygens (including phenoxy) is 1. The molecule has 0 aromatic carbocycles. The number of nitrogens with one attached hydrogen (secondary N) is 2. The van der Waals surface area contributed by atoms with E-state index in [0.29, 0.717) is 32.1 Å². The summed E-state index contributed by atoms with van der Waals surface area (Å²) in [6.07, 6.45) is -2.81. The van der Waals surface area contributed by atoms with E-state index < -0.39 is 109 Å². The normalized spacial score (nSPS) is 34.7. The molecule has 0 radical (unpaired) electrons. The van der Waals surface area contributed by atoms with Crippen LogP contribution >= 0.6 is 35.2 Å². The number of hydrogen-bond donors (Lipinski definition) is 13. The molecule has 5 fully saturated rings. The standard InChI is InChI=1S/C48H80N7O21P3S/c1-24(28-8-9-29-36-30(19-34(59)48(28,29)6)47(5)13-11-27(56)17-26(47)18-32(36)58)7-10-31(57)25(2)45(64)80-16-15-50-35(60)12-14-51-43(63)40(62)46(3,4)21-73-79(70,71)76-78(68,69)72-20-33-39(75-77(65,66)67)38(61)44(74-33)55-23-54-37-41(49)52-22-53-42(37)55/h22-34,36,38-40,44,56-59,61-62H,7-21H2,1-6H3,(H,50,60)(H,51,63)(H,68,69)(H,70,71)(H2,49,52,53)(H2,65,66,67)/t24-,25?,26+,27-,28-,29+,30+,31?,32-,33-,34?,36+,38-,39-,40+,44-,47+,48?/m1/s1. The number of nitrogens with two attached hydrogens (primary N) is 1. The first kappa shape index (κ1) is 65.0. The van der Waals surface area contributed by atoms with E-state index in [2.05, 4.69) is 55.2 Å². The lowest BCUT2D eigenvalue weighted by Gasteiger charge is -2.63. The van der Waals surface area contributed by atoms with Gasteiger partial charge >= 0.3 is 23.5 Å². The average molecular weight is 1220 g/mol. The number of carbonyl (C=O) groups excluding carboxylic acids is 3. The van der Waals surface area contributed by atoms with E-state index in [1.807, 2.05) is 0 Å². The van der Waals surface area contributed by atoms with E-state index in [9.17, 15) is 78.3 Å². The topological polar surface area (TPSA) is 445 Å². The molecule has 1 aliphatic heterocycles. The number of nitrogens with zero attached hydrogens (tertiary/aromatic N) is 4. The summed E-state index contributed by atoms with van der Waals surface area (Å²) in [4.78, 5) is 89.9. The van der Waals surface area contributed by atoms with Crippen molar-refractivity contribution < 1.29 is 101 Å². The van der Waals surface area contributed by atoms with Crippen LogP contribution in [0, 0.1) is 57.7 Å². The Morgan fingerprint density at radius 1 is 0.925 bits per heavy atom. The van der Waals surface area contributed by atoms with Gasteiger partial charge in [0, 0.05) is 30.7 Å². The Bertz CT molecular complexity index is 2670. The van der Waals surface area contributed by atoms with E-state index >= 15 is 0 Å². The third-order valence-electron chi connectivity index (χ3n) is 18.1. The lowest BCUT2D eigenvalue weighted by molar-refractivity contribution is -0.207. The number of aromatic nitrogens is 4. The molecule has 2 aromatic heterocycles. The van der Waals surface area contributed by atoms with Crippen molar-refractivity contribution in [1.82, 2.24) is 30.2 Å². The maximum atomic E-state index is 13.1. The number of nitrogen functional groups attached to an aromatic ring is 1. The molecule has 2 amide bonds. The van der Waals surface area contributed by atoms with Crippen molar-refractivity contribution in [2.75, 3.05) is 37.8 Å². The molecule has 6 unspecified atom stereocenters. The molecule has 32 heteroatoms. The summed E-state index contributed by atoms with van der Waals surface area (Å²) in [5.41, 5.74) is 3.82. The highest BCUT2D eigenvalue weighted by Crippen LogP contribution is 2.69. The third kappa shape index (κ3) is 14.5. The maximum Gasteiger partial charge on any atom is 0.481 e. The van der Waals surface area contributed by atoms with Gasteiger partial charge in [-0.25, -0.2) is 28.6 Å². The molecule has 1 saturated heterocycles. The number of aliphatic hydroxyl groups is 6. The van der Waals surface area contributed by atoms with Crippen LogP contribution in [0.15, 0.2) is 12.7 Å². The number of thioether (sulfide) groups is 1. The smallest absolute Gasteiger partial charge is 0.393 e. The second-order valence-electron chi connectivity index (χ2n) is 23.7. The second-order valence-corrected chi connectivity index (χ2v) is 29.0. The highest BCUT2D eigenvalue weighted by molar-refractivity contribution is 8.13. The van der Waals surface area contributed by atoms with Crippen molar-refractivity contribution >= 4 is 69.1 Å². The van der Waals surface area contributed by atoms with Crippen molar-refractivity contribution in [2.24, 2.45) is 57.7 Å². The van der Waals surface area contributed by atoms with Crippen molar-refractivity contribution in [3.63, 3.8) is 0 Å². The van der Waals surface area contributed by atoms with Gasteiger partial charge in [0.2, 0.25) is 11.8 Å². The highest BCUT2D eigenvalue weighted by atomic mass is 32.2. The van der Waals surface area contributed by atoms with Crippen LogP contribution in [0.5, 0.6) is 0 Å². The summed E-state index contributed by atoms with van der Waals surface area (Å²) in [6, 6.07) is 0. The number of amides is 2. The largest absolute Gasteiger partial charge is 0.481 e. The number of carbonyl (C=O) groups is 3. The first-order chi connectivity index (χ1) is 37.2. The minimum Gasteiger partial charge on any atom is -0.393 e. The fourth-order valence-corrected chi connectivity index (χ4v) is 17.2. The fourth-order valence-electron chi connectivity index (χ4n) is 13.6. The number of imidazole rings is 1. The van der Waals surface area contributed by atoms with Gasteiger partial charge in [-0.15, -0.1) is 0 Å². The van der Waals surface area contributed by atoms with Crippen LogP contribution < -0.4 is 16.4 Å². The number of phosphoric acid groups is 3. The number of hydrogen-bond acceptors (Lipinski definition) is 22. The van der Waals surface area contributed by atoms with Gasteiger partial charge in [0.1, 0.15) is 36.3 Å². The number of aliphatic hydroxyl groups excluding tert-OH is 6. The molecule has 2 aromatic rings. The van der Waals surface area contributed by atoms with Crippen LogP contribution in [0.4, 0.5) is 5.82 Å². The number of anilines is 1. The Kier molecular flexibility index (Phi) is 20.7. The van der Waals surface area contributed by atoms with Gasteiger partial charge in [-0.3, -0.25) is 32.5 Å². The molecular weight excluding hydrogens is 1140 g/mol. The predicted molar refractivity (Wildman–Crippen MR) is 285 cm³/mol. The molecule has 5 aliphatic rings. The summed E-state index contributed by atoms with van der Waals surface area (Å²) in [7, 11) is -16.5. The van der Waals surface area contributed by atoms with E-state index in [0.717, 1.165) is 54.7 Å². The molecular formula is C48H80N7O21P3S. The lowest BCUT2D eigenvalue weighted by Crippen LogP contribution is -2.62. The van der Waals surface area contributed by atoms with Gasteiger partial charge in [-0.2, -0.15) is 4.31 Å². The fraction of sp³-hybridized carbons (Fsp3) is 0.833. The van der Waals surface area contributed by atoms with Gasteiger partial charge in [0.15, 0.2) is 22.8 Å². The molecule has 454 valence electrons. The second kappa shape index (κ2) is 25.5. The molecule has 20 atom stereocenters. The van der Waals surface area contributed by atoms with Gasteiger partial charge in [-0.1, -0.05) is 53.3 Å². The zero-order valence-electron chi connectivity index (χ0n) is 45.6. The number of rotatable bonds is 25. The zero-order chi connectivity index (χ0) is 59.1. The molecule has 0 spiro atoms. The molecule has 14 N–H and O–H groups in total. The van der Waals surface area contributed by atoms with Gasteiger partial charge in [0.05, 0.1) is 49.9 Å². The van der Waals surface area contributed by atoms with Gasteiger partial charge in [0.25, 0.3) is 0 Å².